The predicted octanol–water partition coefficient (Wildman–Crippen LogP) is 3.62. The summed E-state index contributed by atoms with van der Waals surface area (Å²) in [6.07, 6.45) is 4.01. The summed E-state index contributed by atoms with van der Waals surface area (Å²) in [5.74, 6) is 0.670. The Labute approximate surface area is 173 Å². The molecule has 2 amide bonds. The largest absolute Gasteiger partial charge is 0.348 e. The summed E-state index contributed by atoms with van der Waals surface area (Å²) in [7, 11) is 0. The molecule has 1 saturated carbocycles. The highest BCUT2D eigenvalue weighted by Gasteiger charge is 2.37. The quantitative estimate of drug-likeness (QED) is 0.752. The summed E-state index contributed by atoms with van der Waals surface area (Å²) in [6, 6.07) is 12.3. The van der Waals surface area contributed by atoms with Crippen molar-refractivity contribution in [2.75, 3.05) is 19.6 Å². The molecule has 1 aromatic carbocycles. The molecule has 5 heteroatoms. The second-order valence-corrected chi connectivity index (χ2v) is 8.86. The van der Waals surface area contributed by atoms with E-state index in [0.717, 1.165) is 30.6 Å². The van der Waals surface area contributed by atoms with Crippen LogP contribution in [0.5, 0.6) is 0 Å². The number of hydrogen-bond donors (Lipinski definition) is 0. The molecule has 2 heterocycles. The molecular weight excluding hydrogens is 362 g/mol. The molecule has 5 nitrogen and oxygen atoms in total. The number of hydrogen-bond acceptors (Lipinski definition) is 2. The van der Waals surface area contributed by atoms with Crippen LogP contribution in [0, 0.1) is 18.8 Å². The molecule has 154 valence electrons. The maximum absolute atomic E-state index is 13.5. The zero-order chi connectivity index (χ0) is 20.5. The van der Waals surface area contributed by atoms with Crippen LogP contribution in [-0.4, -0.2) is 45.8 Å². The zero-order valence-electron chi connectivity index (χ0n) is 17.7. The molecule has 4 rings (SSSR count). The number of benzene rings is 1. The van der Waals surface area contributed by atoms with Gasteiger partial charge in [-0.1, -0.05) is 38.1 Å². The van der Waals surface area contributed by atoms with E-state index in [9.17, 15) is 9.59 Å². The first-order valence-electron chi connectivity index (χ1n) is 10.7. The maximum Gasteiger partial charge on any atom is 0.243 e. The van der Waals surface area contributed by atoms with Gasteiger partial charge in [0.15, 0.2) is 0 Å². The molecule has 2 aliphatic rings. The first-order chi connectivity index (χ1) is 14.0. The Morgan fingerprint density at radius 3 is 2.55 bits per heavy atom. The van der Waals surface area contributed by atoms with E-state index in [1.54, 1.807) is 4.90 Å². The van der Waals surface area contributed by atoms with E-state index in [1.807, 2.05) is 17.0 Å². The Balaban J connectivity index is 1.62. The lowest BCUT2D eigenvalue weighted by atomic mass is 9.95. The number of aryl methyl sites for hydroxylation is 1. The SMILES string of the molecule is Cc1ccccc1C1c2cccn2CCN1C(=O)CN(CC(C)C)C(=O)C1CC1. The van der Waals surface area contributed by atoms with Crippen molar-refractivity contribution in [2.45, 2.75) is 46.2 Å². The van der Waals surface area contributed by atoms with Gasteiger partial charge >= 0.3 is 0 Å². The summed E-state index contributed by atoms with van der Waals surface area (Å²) in [4.78, 5) is 30.0. The maximum atomic E-state index is 13.5. The molecule has 0 saturated heterocycles. The Hall–Kier alpha value is -2.56. The third kappa shape index (κ3) is 4.09. The Morgan fingerprint density at radius 1 is 1.10 bits per heavy atom. The van der Waals surface area contributed by atoms with Crippen LogP contribution >= 0.6 is 0 Å². The molecule has 1 aliphatic carbocycles. The van der Waals surface area contributed by atoms with Crippen molar-refractivity contribution in [1.29, 1.82) is 0 Å². The van der Waals surface area contributed by atoms with E-state index in [1.165, 1.54) is 5.56 Å². The van der Waals surface area contributed by atoms with Crippen LogP contribution in [-0.2, 0) is 16.1 Å². The first-order valence-corrected chi connectivity index (χ1v) is 10.7. The molecule has 1 atom stereocenters. The van der Waals surface area contributed by atoms with Gasteiger partial charge in [0.1, 0.15) is 0 Å². The van der Waals surface area contributed by atoms with Gasteiger partial charge < -0.3 is 14.4 Å². The standard InChI is InChI=1S/C24H31N3O2/c1-17(2)15-26(24(29)19-10-11-19)16-22(28)27-14-13-25-12-6-9-21(25)23(27)20-8-5-4-7-18(20)3/h4-9,12,17,19,23H,10-11,13-16H2,1-3H3. The molecule has 2 aromatic rings. The molecule has 1 aliphatic heterocycles. The number of fused-ring (bicyclic) bond motifs is 1. The average molecular weight is 394 g/mol. The third-order valence-corrected chi connectivity index (χ3v) is 5.99. The van der Waals surface area contributed by atoms with Crippen molar-refractivity contribution in [1.82, 2.24) is 14.4 Å². The van der Waals surface area contributed by atoms with Gasteiger partial charge in [-0.3, -0.25) is 9.59 Å². The monoisotopic (exact) mass is 393 g/mol. The van der Waals surface area contributed by atoms with Gasteiger partial charge in [-0.2, -0.15) is 0 Å². The van der Waals surface area contributed by atoms with Crippen LogP contribution in [0.1, 0.15) is 49.6 Å². The second kappa shape index (κ2) is 8.05. The minimum Gasteiger partial charge on any atom is -0.348 e. The van der Waals surface area contributed by atoms with E-state index in [2.05, 4.69) is 55.8 Å². The number of aromatic nitrogens is 1. The zero-order valence-corrected chi connectivity index (χ0v) is 17.7. The molecule has 0 spiro atoms. The summed E-state index contributed by atoms with van der Waals surface area (Å²) in [5.41, 5.74) is 3.48. The van der Waals surface area contributed by atoms with Crippen LogP contribution in [0.25, 0.3) is 0 Å². The minimum absolute atomic E-state index is 0.0420. The molecule has 0 N–H and O–H groups in total. The summed E-state index contributed by atoms with van der Waals surface area (Å²) < 4.78 is 2.24. The van der Waals surface area contributed by atoms with Gasteiger partial charge in [-0.05, 0) is 48.9 Å². The van der Waals surface area contributed by atoms with Gasteiger partial charge in [0.05, 0.1) is 12.6 Å². The van der Waals surface area contributed by atoms with Crippen molar-refractivity contribution in [3.63, 3.8) is 0 Å². The Bertz CT molecular complexity index is 897. The van der Waals surface area contributed by atoms with Crippen LogP contribution < -0.4 is 0 Å². The number of carbonyl (C=O) groups is 2. The molecule has 1 aromatic heterocycles. The van der Waals surface area contributed by atoms with Gasteiger partial charge in [-0.25, -0.2) is 0 Å². The smallest absolute Gasteiger partial charge is 0.243 e. The van der Waals surface area contributed by atoms with Crippen molar-refractivity contribution in [2.24, 2.45) is 11.8 Å². The van der Waals surface area contributed by atoms with Crippen LogP contribution in [0.3, 0.4) is 0 Å². The van der Waals surface area contributed by atoms with Gasteiger partial charge in [0.25, 0.3) is 0 Å². The minimum atomic E-state index is -0.107. The van der Waals surface area contributed by atoms with E-state index in [4.69, 9.17) is 0 Å². The average Bonchev–Trinajstić information content (AvgIpc) is 3.43. The fourth-order valence-electron chi connectivity index (χ4n) is 4.39. The molecular formula is C24H31N3O2. The highest BCUT2D eigenvalue weighted by molar-refractivity contribution is 5.87. The summed E-state index contributed by atoms with van der Waals surface area (Å²) >= 11 is 0. The number of carbonyl (C=O) groups excluding carboxylic acids is 2. The lowest BCUT2D eigenvalue weighted by Crippen LogP contribution is -2.49. The number of rotatable bonds is 6. The van der Waals surface area contributed by atoms with Crippen LogP contribution in [0.2, 0.25) is 0 Å². The Kier molecular flexibility index (Phi) is 5.48. The van der Waals surface area contributed by atoms with Gasteiger partial charge in [0.2, 0.25) is 11.8 Å². The Morgan fingerprint density at radius 2 is 1.86 bits per heavy atom. The van der Waals surface area contributed by atoms with E-state index >= 15 is 0 Å². The lowest BCUT2D eigenvalue weighted by Gasteiger charge is -2.39. The topological polar surface area (TPSA) is 45.6 Å². The van der Waals surface area contributed by atoms with Crippen molar-refractivity contribution >= 4 is 11.8 Å². The fraction of sp³-hybridized carbons (Fsp3) is 0.500. The molecule has 0 bridgehead atoms. The number of nitrogens with zero attached hydrogens (tertiary/aromatic N) is 3. The van der Waals surface area contributed by atoms with E-state index in [-0.39, 0.29) is 30.3 Å². The summed E-state index contributed by atoms with van der Waals surface area (Å²) in [6.45, 7) is 8.56. The third-order valence-electron chi connectivity index (χ3n) is 5.99. The van der Waals surface area contributed by atoms with E-state index in [0.29, 0.717) is 19.0 Å². The van der Waals surface area contributed by atoms with Crippen molar-refractivity contribution < 1.29 is 9.59 Å². The lowest BCUT2D eigenvalue weighted by molar-refractivity contribution is -0.143. The summed E-state index contributed by atoms with van der Waals surface area (Å²) in [5, 5.41) is 0. The van der Waals surface area contributed by atoms with Crippen LogP contribution in [0.4, 0.5) is 0 Å². The van der Waals surface area contributed by atoms with Crippen molar-refractivity contribution in [3.8, 4) is 0 Å². The molecule has 0 radical (unpaired) electrons. The molecule has 1 unspecified atom stereocenters. The normalized spacial score (nSPS) is 18.6. The first kappa shape index (κ1) is 19.7. The fourth-order valence-corrected chi connectivity index (χ4v) is 4.39. The van der Waals surface area contributed by atoms with Gasteiger partial charge in [0, 0.05) is 37.4 Å². The number of amides is 2. The predicted molar refractivity (Wildman–Crippen MR) is 113 cm³/mol. The molecule has 29 heavy (non-hydrogen) atoms. The van der Waals surface area contributed by atoms with Crippen molar-refractivity contribution in [3.05, 3.63) is 59.4 Å². The van der Waals surface area contributed by atoms with E-state index < -0.39 is 0 Å². The van der Waals surface area contributed by atoms with Crippen LogP contribution in [0.15, 0.2) is 42.6 Å². The highest BCUT2D eigenvalue weighted by Crippen LogP contribution is 2.35. The highest BCUT2D eigenvalue weighted by atomic mass is 16.2. The van der Waals surface area contributed by atoms with Gasteiger partial charge in [-0.15, -0.1) is 0 Å². The molecule has 1 fully saturated rings. The second-order valence-electron chi connectivity index (χ2n) is 8.86.